The summed E-state index contributed by atoms with van der Waals surface area (Å²) in [4.78, 5) is 14.6. The van der Waals surface area contributed by atoms with E-state index in [1.165, 1.54) is 0 Å². The van der Waals surface area contributed by atoms with Crippen molar-refractivity contribution in [2.75, 3.05) is 19.5 Å². The molecule has 0 bridgehead atoms. The van der Waals surface area contributed by atoms with Gasteiger partial charge in [0.15, 0.2) is 0 Å². The molecule has 6 heteroatoms. The predicted octanol–water partition coefficient (Wildman–Crippen LogP) is 4.77. The van der Waals surface area contributed by atoms with Crippen LogP contribution in [0, 0.1) is 6.92 Å². The number of aryl methyl sites for hydroxylation is 1. The number of hydrogen-bond acceptors (Lipinski definition) is 3. The van der Waals surface area contributed by atoms with E-state index in [-0.39, 0.29) is 11.9 Å². The van der Waals surface area contributed by atoms with Gasteiger partial charge in [-0.05, 0) is 44.2 Å². The first-order chi connectivity index (χ1) is 11.8. The van der Waals surface area contributed by atoms with E-state index in [2.05, 4.69) is 5.32 Å². The molecule has 0 heterocycles. The molecule has 1 N–H and O–H groups in total. The fourth-order valence-electron chi connectivity index (χ4n) is 2.40. The Bertz CT molecular complexity index is 765. The van der Waals surface area contributed by atoms with Crippen molar-refractivity contribution in [1.29, 1.82) is 0 Å². The Hall–Kier alpha value is -1.75. The molecule has 134 valence electrons. The number of rotatable bonds is 6. The highest BCUT2D eigenvalue weighted by Gasteiger charge is 2.20. The van der Waals surface area contributed by atoms with Gasteiger partial charge in [0.1, 0.15) is 5.75 Å². The normalized spacial score (nSPS) is 12.1. The number of carbonyl (C=O) groups excluding carboxylic acids is 1. The third-order valence-corrected chi connectivity index (χ3v) is 4.93. The number of nitrogens with one attached hydrogen (secondary N) is 1. The summed E-state index contributed by atoms with van der Waals surface area (Å²) in [5.41, 5.74) is 2.45. The maximum absolute atomic E-state index is 12.6. The van der Waals surface area contributed by atoms with Crippen molar-refractivity contribution in [2.24, 2.45) is 0 Å². The molecule has 25 heavy (non-hydrogen) atoms. The number of anilines is 1. The number of hydrogen-bond donors (Lipinski definition) is 1. The van der Waals surface area contributed by atoms with Gasteiger partial charge >= 0.3 is 0 Å². The lowest BCUT2D eigenvalue weighted by Gasteiger charge is -2.25. The van der Waals surface area contributed by atoms with Crippen LogP contribution in [0.5, 0.6) is 5.75 Å². The largest absolute Gasteiger partial charge is 0.495 e. The summed E-state index contributed by atoms with van der Waals surface area (Å²) >= 11 is 12.3. The first kappa shape index (κ1) is 19.6. The summed E-state index contributed by atoms with van der Waals surface area (Å²) in [5, 5.41) is 4.20. The summed E-state index contributed by atoms with van der Waals surface area (Å²) in [6, 6.07) is 10.8. The third kappa shape index (κ3) is 4.88. The van der Waals surface area contributed by atoms with Crippen molar-refractivity contribution in [3.8, 4) is 5.75 Å². The summed E-state index contributed by atoms with van der Waals surface area (Å²) < 4.78 is 5.30. The molecular weight excluding hydrogens is 359 g/mol. The maximum Gasteiger partial charge on any atom is 0.241 e. The molecule has 4 nitrogen and oxygen atoms in total. The van der Waals surface area contributed by atoms with E-state index >= 15 is 0 Å². The van der Waals surface area contributed by atoms with Crippen molar-refractivity contribution in [2.45, 2.75) is 26.4 Å². The Labute approximate surface area is 158 Å². The second-order valence-corrected chi connectivity index (χ2v) is 6.79. The lowest BCUT2D eigenvalue weighted by molar-refractivity contribution is -0.120. The number of ether oxygens (including phenoxy) is 1. The number of nitrogens with zero attached hydrogens (tertiary/aromatic N) is 1. The molecule has 2 rings (SSSR count). The fourth-order valence-corrected chi connectivity index (χ4v) is 2.75. The smallest absolute Gasteiger partial charge is 0.241 e. The van der Waals surface area contributed by atoms with Gasteiger partial charge in [0.25, 0.3) is 0 Å². The third-order valence-electron chi connectivity index (χ3n) is 4.16. The van der Waals surface area contributed by atoms with Gasteiger partial charge in [0.05, 0.1) is 18.8 Å². The van der Waals surface area contributed by atoms with Crippen LogP contribution >= 0.6 is 23.2 Å². The van der Waals surface area contributed by atoms with Crippen LogP contribution in [-0.2, 0) is 11.3 Å². The van der Waals surface area contributed by atoms with Gasteiger partial charge < -0.3 is 10.1 Å². The SMILES string of the molecule is COc1cc(Cl)c(C)cc1NC(=O)C(C)N(C)Cc1ccccc1Cl. The van der Waals surface area contributed by atoms with Gasteiger partial charge in [-0.1, -0.05) is 41.4 Å². The summed E-state index contributed by atoms with van der Waals surface area (Å²) in [6.45, 7) is 4.30. The maximum atomic E-state index is 12.6. The van der Waals surface area contributed by atoms with Gasteiger partial charge in [-0.3, -0.25) is 9.69 Å². The van der Waals surface area contributed by atoms with E-state index in [9.17, 15) is 4.79 Å². The van der Waals surface area contributed by atoms with Crippen molar-refractivity contribution >= 4 is 34.8 Å². The molecule has 0 saturated carbocycles. The van der Waals surface area contributed by atoms with E-state index in [1.54, 1.807) is 19.2 Å². The van der Waals surface area contributed by atoms with Crippen LogP contribution in [0.25, 0.3) is 0 Å². The summed E-state index contributed by atoms with van der Waals surface area (Å²) in [5.74, 6) is 0.402. The Kier molecular flexibility index (Phi) is 6.71. The number of carbonyl (C=O) groups is 1. The highest BCUT2D eigenvalue weighted by molar-refractivity contribution is 6.31. The second-order valence-electron chi connectivity index (χ2n) is 5.97. The van der Waals surface area contributed by atoms with E-state index in [4.69, 9.17) is 27.9 Å². The van der Waals surface area contributed by atoms with Crippen LogP contribution in [0.2, 0.25) is 10.0 Å². The standard InChI is InChI=1S/C19H22Cl2N2O2/c1-12-9-17(18(25-4)10-16(12)21)22-19(24)13(2)23(3)11-14-7-5-6-8-15(14)20/h5-10,13H,11H2,1-4H3,(H,22,24). The molecule has 0 aromatic heterocycles. The Morgan fingerprint density at radius 1 is 1.24 bits per heavy atom. The first-order valence-electron chi connectivity index (χ1n) is 7.92. The molecule has 0 fully saturated rings. The minimum Gasteiger partial charge on any atom is -0.495 e. The van der Waals surface area contributed by atoms with Gasteiger partial charge in [-0.2, -0.15) is 0 Å². The van der Waals surface area contributed by atoms with Crippen molar-refractivity contribution in [3.05, 3.63) is 57.6 Å². The number of halogens is 2. The van der Waals surface area contributed by atoms with Crippen LogP contribution < -0.4 is 10.1 Å². The average molecular weight is 381 g/mol. The first-order valence-corrected chi connectivity index (χ1v) is 8.67. The molecule has 0 radical (unpaired) electrons. The van der Waals surface area contributed by atoms with Crippen LogP contribution in [-0.4, -0.2) is 31.0 Å². The molecule has 0 spiro atoms. The zero-order valence-corrected chi connectivity index (χ0v) is 16.3. The number of methoxy groups -OCH3 is 1. The highest BCUT2D eigenvalue weighted by atomic mass is 35.5. The lowest BCUT2D eigenvalue weighted by Crippen LogP contribution is -2.39. The Morgan fingerprint density at radius 3 is 2.56 bits per heavy atom. The van der Waals surface area contributed by atoms with Gasteiger partial charge in [-0.15, -0.1) is 0 Å². The molecule has 0 aliphatic rings. The van der Waals surface area contributed by atoms with E-state index in [0.29, 0.717) is 28.0 Å². The van der Waals surface area contributed by atoms with Gasteiger partial charge in [0.2, 0.25) is 5.91 Å². The molecule has 0 aliphatic carbocycles. The highest BCUT2D eigenvalue weighted by Crippen LogP contribution is 2.31. The summed E-state index contributed by atoms with van der Waals surface area (Å²) in [7, 11) is 3.43. The molecule has 1 amide bonds. The van der Waals surface area contributed by atoms with E-state index < -0.39 is 0 Å². The molecule has 2 aromatic rings. The zero-order valence-electron chi connectivity index (χ0n) is 14.8. The zero-order chi connectivity index (χ0) is 18.6. The number of likely N-dealkylation sites (N-methyl/N-ethyl adjacent to an activating group) is 1. The molecule has 0 saturated heterocycles. The molecule has 1 atom stereocenters. The minimum absolute atomic E-state index is 0.130. The monoisotopic (exact) mass is 380 g/mol. The average Bonchev–Trinajstić information content (AvgIpc) is 2.59. The van der Waals surface area contributed by atoms with E-state index in [1.807, 2.05) is 50.1 Å². The van der Waals surface area contributed by atoms with Gasteiger partial charge in [0, 0.05) is 22.7 Å². The summed E-state index contributed by atoms with van der Waals surface area (Å²) in [6.07, 6.45) is 0. The van der Waals surface area contributed by atoms with Crippen molar-refractivity contribution in [3.63, 3.8) is 0 Å². The molecular formula is C19H22Cl2N2O2. The van der Waals surface area contributed by atoms with Crippen LogP contribution in [0.4, 0.5) is 5.69 Å². The molecule has 0 aliphatic heterocycles. The van der Waals surface area contributed by atoms with Gasteiger partial charge in [-0.25, -0.2) is 0 Å². The van der Waals surface area contributed by atoms with Crippen LogP contribution in [0.1, 0.15) is 18.1 Å². The lowest BCUT2D eigenvalue weighted by atomic mass is 10.1. The quantitative estimate of drug-likeness (QED) is 0.784. The number of benzene rings is 2. The van der Waals surface area contributed by atoms with Crippen LogP contribution in [0.15, 0.2) is 36.4 Å². The topological polar surface area (TPSA) is 41.6 Å². The Morgan fingerprint density at radius 2 is 1.92 bits per heavy atom. The molecule has 1 unspecified atom stereocenters. The fraction of sp³-hybridized carbons (Fsp3) is 0.316. The Balaban J connectivity index is 2.10. The minimum atomic E-state index is -0.350. The second kappa shape index (κ2) is 8.56. The molecule has 2 aromatic carbocycles. The van der Waals surface area contributed by atoms with E-state index in [0.717, 1.165) is 11.1 Å². The van der Waals surface area contributed by atoms with Crippen molar-refractivity contribution < 1.29 is 9.53 Å². The van der Waals surface area contributed by atoms with Crippen molar-refractivity contribution in [1.82, 2.24) is 4.90 Å². The predicted molar refractivity (Wildman–Crippen MR) is 104 cm³/mol. The number of amides is 1. The van der Waals surface area contributed by atoms with Crippen LogP contribution in [0.3, 0.4) is 0 Å².